The second kappa shape index (κ2) is 3.46. The molecule has 0 aromatic rings. The Hall–Kier alpha value is -2.07. The van der Waals surface area contributed by atoms with Crippen LogP contribution in [-0.4, -0.2) is 17.9 Å². The first-order valence-corrected chi connectivity index (χ1v) is 5.51. The number of fused-ring (bicyclic) bond motifs is 1. The highest BCUT2D eigenvalue weighted by atomic mass is 16.1. The van der Waals surface area contributed by atoms with Crippen molar-refractivity contribution in [3.05, 3.63) is 59.0 Å². The van der Waals surface area contributed by atoms with Gasteiger partial charge in [-0.3, -0.25) is 4.79 Å². The van der Waals surface area contributed by atoms with Crippen LogP contribution in [0.2, 0.25) is 0 Å². The molecule has 0 aromatic carbocycles. The Morgan fingerprint density at radius 1 is 1.24 bits per heavy atom. The monoisotopic (exact) mass is 227 g/mol. The fourth-order valence-corrected chi connectivity index (χ4v) is 2.28. The van der Waals surface area contributed by atoms with E-state index in [2.05, 4.69) is 5.32 Å². The summed E-state index contributed by atoms with van der Waals surface area (Å²) >= 11 is 0. The molecule has 4 heteroatoms. The number of nitrogens with two attached hydrogens (primary N) is 2. The molecule has 2 aliphatic carbocycles. The molecule has 1 heterocycles. The second-order valence-electron chi connectivity index (χ2n) is 4.32. The van der Waals surface area contributed by atoms with E-state index in [1.165, 1.54) is 6.08 Å². The number of rotatable bonds is 0. The molecule has 0 spiro atoms. The lowest BCUT2D eigenvalue weighted by molar-refractivity contribution is -0.115. The molecule has 0 aromatic heterocycles. The first kappa shape index (κ1) is 10.1. The van der Waals surface area contributed by atoms with E-state index in [0.717, 1.165) is 16.8 Å². The van der Waals surface area contributed by atoms with Crippen LogP contribution >= 0.6 is 0 Å². The van der Waals surface area contributed by atoms with Crippen LogP contribution in [0.4, 0.5) is 0 Å². The number of dihydropyridines is 1. The highest BCUT2D eigenvalue weighted by Crippen LogP contribution is 2.28. The topological polar surface area (TPSA) is 81.1 Å². The standard InChI is InChI=1S/C13H13N3O/c14-9-6-11(17)12(15)8-5-7-3-1-2-4-10(7)16-13(8)9/h1-6,10,12,16H,14-15H2. The van der Waals surface area contributed by atoms with Gasteiger partial charge in [-0.2, -0.15) is 0 Å². The molecule has 2 atom stereocenters. The minimum absolute atomic E-state index is 0.117. The minimum atomic E-state index is -0.613. The van der Waals surface area contributed by atoms with Crippen LogP contribution in [-0.2, 0) is 4.79 Å². The summed E-state index contributed by atoms with van der Waals surface area (Å²) in [7, 11) is 0. The highest BCUT2D eigenvalue weighted by Gasteiger charge is 2.30. The average molecular weight is 227 g/mol. The molecule has 17 heavy (non-hydrogen) atoms. The molecule has 3 rings (SSSR count). The summed E-state index contributed by atoms with van der Waals surface area (Å²) in [4.78, 5) is 11.6. The average Bonchev–Trinajstić information content (AvgIpc) is 2.34. The van der Waals surface area contributed by atoms with Crippen LogP contribution in [0.3, 0.4) is 0 Å². The van der Waals surface area contributed by atoms with E-state index in [9.17, 15) is 4.79 Å². The van der Waals surface area contributed by atoms with Crippen LogP contribution in [0, 0.1) is 0 Å². The van der Waals surface area contributed by atoms with E-state index in [4.69, 9.17) is 11.5 Å². The third kappa shape index (κ3) is 1.45. The number of nitrogens with one attached hydrogen (secondary N) is 1. The Bertz CT molecular complexity index is 549. The Morgan fingerprint density at radius 3 is 2.88 bits per heavy atom. The summed E-state index contributed by atoms with van der Waals surface area (Å²) in [5.74, 6) is -0.145. The van der Waals surface area contributed by atoms with Gasteiger partial charge in [0.2, 0.25) is 0 Å². The van der Waals surface area contributed by atoms with Gasteiger partial charge in [-0.1, -0.05) is 24.3 Å². The molecule has 3 aliphatic rings. The summed E-state index contributed by atoms with van der Waals surface area (Å²) in [6, 6.07) is -0.497. The zero-order valence-electron chi connectivity index (χ0n) is 9.18. The van der Waals surface area contributed by atoms with Gasteiger partial charge < -0.3 is 16.8 Å². The van der Waals surface area contributed by atoms with Gasteiger partial charge in [-0.25, -0.2) is 0 Å². The van der Waals surface area contributed by atoms with E-state index in [0.29, 0.717) is 5.70 Å². The predicted octanol–water partition coefficient (Wildman–Crippen LogP) is 0.0173. The number of hydrogen-bond acceptors (Lipinski definition) is 4. The molecule has 0 radical (unpaired) electrons. The highest BCUT2D eigenvalue weighted by molar-refractivity contribution is 6.00. The molecular formula is C13H13N3O. The maximum Gasteiger partial charge on any atom is 0.179 e. The smallest absolute Gasteiger partial charge is 0.179 e. The Kier molecular flexibility index (Phi) is 2.06. The van der Waals surface area contributed by atoms with E-state index < -0.39 is 6.04 Å². The SMILES string of the molecule is NC1=CC(=O)C(N)C2=C1NC1C=CC=CC1=C2. The first-order chi connectivity index (χ1) is 8.16. The van der Waals surface area contributed by atoms with E-state index >= 15 is 0 Å². The quantitative estimate of drug-likeness (QED) is 0.545. The molecule has 0 amide bonds. The molecule has 0 saturated heterocycles. The lowest BCUT2D eigenvalue weighted by Crippen LogP contribution is -2.43. The second-order valence-corrected chi connectivity index (χ2v) is 4.32. The van der Waals surface area contributed by atoms with Crippen LogP contribution in [0.25, 0.3) is 0 Å². The normalized spacial score (nSPS) is 30.3. The minimum Gasteiger partial charge on any atom is -0.397 e. The van der Waals surface area contributed by atoms with Crippen molar-refractivity contribution in [3.63, 3.8) is 0 Å². The molecule has 86 valence electrons. The molecule has 0 saturated carbocycles. The van der Waals surface area contributed by atoms with Gasteiger partial charge >= 0.3 is 0 Å². The predicted molar refractivity (Wildman–Crippen MR) is 65.6 cm³/mol. The summed E-state index contributed by atoms with van der Waals surface area (Å²) in [5, 5.41) is 3.31. The summed E-state index contributed by atoms with van der Waals surface area (Å²) in [6.45, 7) is 0. The van der Waals surface area contributed by atoms with Crippen molar-refractivity contribution < 1.29 is 4.79 Å². The summed E-state index contributed by atoms with van der Waals surface area (Å²) < 4.78 is 0. The van der Waals surface area contributed by atoms with Crippen LogP contribution in [0.5, 0.6) is 0 Å². The van der Waals surface area contributed by atoms with Gasteiger partial charge in [0.05, 0.1) is 23.5 Å². The number of hydrogen-bond donors (Lipinski definition) is 3. The zero-order valence-corrected chi connectivity index (χ0v) is 9.18. The van der Waals surface area contributed by atoms with Gasteiger partial charge in [0.25, 0.3) is 0 Å². The van der Waals surface area contributed by atoms with E-state index in [1.54, 1.807) is 0 Å². The molecular weight excluding hydrogens is 214 g/mol. The van der Waals surface area contributed by atoms with Crippen LogP contribution < -0.4 is 16.8 Å². The van der Waals surface area contributed by atoms with Crippen LogP contribution in [0.15, 0.2) is 59.0 Å². The number of ketones is 1. The molecule has 1 aliphatic heterocycles. The lowest BCUT2D eigenvalue weighted by atomic mass is 9.86. The molecule has 2 unspecified atom stereocenters. The molecule has 0 fully saturated rings. The van der Waals surface area contributed by atoms with Gasteiger partial charge in [0.15, 0.2) is 5.78 Å². The van der Waals surface area contributed by atoms with Gasteiger partial charge in [-0.15, -0.1) is 0 Å². The maximum atomic E-state index is 11.6. The van der Waals surface area contributed by atoms with Crippen molar-refractivity contribution in [3.8, 4) is 0 Å². The maximum absolute atomic E-state index is 11.6. The van der Waals surface area contributed by atoms with Crippen molar-refractivity contribution in [2.24, 2.45) is 11.5 Å². The van der Waals surface area contributed by atoms with Crippen molar-refractivity contribution in [1.29, 1.82) is 0 Å². The fourth-order valence-electron chi connectivity index (χ4n) is 2.28. The summed E-state index contributed by atoms with van der Waals surface area (Å²) in [5.41, 5.74) is 14.9. The van der Waals surface area contributed by atoms with Gasteiger partial charge in [0.1, 0.15) is 0 Å². The third-order valence-corrected chi connectivity index (χ3v) is 3.20. The summed E-state index contributed by atoms with van der Waals surface area (Å²) in [6.07, 6.45) is 11.4. The van der Waals surface area contributed by atoms with Crippen LogP contribution in [0.1, 0.15) is 0 Å². The number of carbonyl (C=O) groups excluding carboxylic acids is 1. The molecule has 0 bridgehead atoms. The van der Waals surface area contributed by atoms with Crippen molar-refractivity contribution >= 4 is 5.78 Å². The molecule has 5 N–H and O–H groups in total. The fraction of sp³-hybridized carbons (Fsp3) is 0.154. The third-order valence-electron chi connectivity index (χ3n) is 3.20. The van der Waals surface area contributed by atoms with E-state index in [1.807, 2.05) is 30.4 Å². The van der Waals surface area contributed by atoms with E-state index in [-0.39, 0.29) is 11.8 Å². The Morgan fingerprint density at radius 2 is 2.06 bits per heavy atom. The number of allylic oxidation sites excluding steroid dienone is 2. The van der Waals surface area contributed by atoms with Crippen molar-refractivity contribution in [1.82, 2.24) is 5.32 Å². The zero-order chi connectivity index (χ0) is 12.0. The van der Waals surface area contributed by atoms with Crippen molar-refractivity contribution in [2.75, 3.05) is 0 Å². The van der Waals surface area contributed by atoms with Gasteiger partial charge in [-0.05, 0) is 11.6 Å². The Balaban J connectivity index is 2.10. The largest absolute Gasteiger partial charge is 0.397 e. The van der Waals surface area contributed by atoms with Crippen molar-refractivity contribution in [2.45, 2.75) is 12.1 Å². The first-order valence-electron chi connectivity index (χ1n) is 5.51. The lowest BCUT2D eigenvalue weighted by Gasteiger charge is -2.32. The van der Waals surface area contributed by atoms with Gasteiger partial charge in [0, 0.05) is 11.6 Å². The Labute approximate surface area is 99.0 Å². The number of carbonyl (C=O) groups is 1. The molecule has 4 nitrogen and oxygen atoms in total.